The van der Waals surface area contributed by atoms with Crippen LogP contribution in [-0.2, 0) is 5.54 Å². The SMILES string of the molecule is CCCCC#Cc1ccccc1N=C(N=NC(c1ccccc1)(c1ccccc1)c1ccccc1)C(F)(F)F. The first-order valence-corrected chi connectivity index (χ1v) is 12.8. The second-order valence-corrected chi connectivity index (χ2v) is 8.86. The third-order valence-corrected chi connectivity index (χ3v) is 6.13. The minimum atomic E-state index is -4.85. The van der Waals surface area contributed by atoms with E-state index in [9.17, 15) is 13.2 Å². The van der Waals surface area contributed by atoms with Gasteiger partial charge in [-0.05, 0) is 35.2 Å². The molecule has 0 aliphatic heterocycles. The number of alkyl halides is 3. The lowest BCUT2D eigenvalue weighted by Crippen LogP contribution is -2.28. The fourth-order valence-electron chi connectivity index (χ4n) is 4.19. The molecule has 4 aromatic rings. The van der Waals surface area contributed by atoms with Crippen molar-refractivity contribution < 1.29 is 13.2 Å². The zero-order valence-electron chi connectivity index (χ0n) is 21.6. The highest BCUT2D eigenvalue weighted by atomic mass is 19.4. The van der Waals surface area contributed by atoms with Gasteiger partial charge in [0.05, 0.1) is 11.3 Å². The van der Waals surface area contributed by atoms with E-state index in [1.807, 2.05) is 91.0 Å². The molecule has 0 unspecified atom stereocenters. The number of halogens is 3. The van der Waals surface area contributed by atoms with Crippen LogP contribution < -0.4 is 0 Å². The van der Waals surface area contributed by atoms with Crippen molar-refractivity contribution in [3.05, 3.63) is 138 Å². The van der Waals surface area contributed by atoms with Gasteiger partial charge in [0.15, 0.2) is 5.54 Å². The van der Waals surface area contributed by atoms with Gasteiger partial charge in [-0.15, -0.1) is 5.11 Å². The molecular formula is C33H28F3N3. The van der Waals surface area contributed by atoms with Crippen LogP contribution >= 0.6 is 0 Å². The second kappa shape index (κ2) is 12.8. The third kappa shape index (κ3) is 6.69. The maximum Gasteiger partial charge on any atom is 0.453 e. The summed E-state index contributed by atoms with van der Waals surface area (Å²) >= 11 is 0. The lowest BCUT2D eigenvalue weighted by molar-refractivity contribution is -0.0600. The Morgan fingerprint density at radius 3 is 1.67 bits per heavy atom. The molecule has 0 aliphatic carbocycles. The summed E-state index contributed by atoms with van der Waals surface area (Å²) in [4.78, 5) is 3.94. The Bertz CT molecular complexity index is 1370. The van der Waals surface area contributed by atoms with Crippen molar-refractivity contribution in [2.75, 3.05) is 0 Å². The van der Waals surface area contributed by atoms with Crippen LogP contribution in [0.5, 0.6) is 0 Å². The van der Waals surface area contributed by atoms with E-state index in [0.717, 1.165) is 12.8 Å². The van der Waals surface area contributed by atoms with E-state index in [4.69, 9.17) is 0 Å². The molecule has 4 rings (SSSR count). The first kappa shape index (κ1) is 27.5. The molecule has 196 valence electrons. The molecule has 0 heterocycles. The highest BCUT2D eigenvalue weighted by molar-refractivity contribution is 5.90. The molecule has 0 fully saturated rings. The van der Waals surface area contributed by atoms with Crippen molar-refractivity contribution in [3.8, 4) is 11.8 Å². The van der Waals surface area contributed by atoms with Gasteiger partial charge in [0, 0.05) is 6.42 Å². The Kier molecular flexibility index (Phi) is 9.06. The highest BCUT2D eigenvalue weighted by Gasteiger charge is 2.40. The molecule has 0 bridgehead atoms. The summed E-state index contributed by atoms with van der Waals surface area (Å²) in [6.45, 7) is 2.06. The van der Waals surface area contributed by atoms with Gasteiger partial charge in [-0.25, -0.2) is 4.99 Å². The monoisotopic (exact) mass is 523 g/mol. The maximum atomic E-state index is 14.4. The molecular weight excluding hydrogens is 495 g/mol. The van der Waals surface area contributed by atoms with Crippen molar-refractivity contribution in [3.63, 3.8) is 0 Å². The molecule has 4 aromatic carbocycles. The smallest absolute Gasteiger partial charge is 0.222 e. The predicted octanol–water partition coefficient (Wildman–Crippen LogP) is 9.26. The number of aliphatic imine (C=N–C) groups is 1. The van der Waals surface area contributed by atoms with E-state index in [-0.39, 0.29) is 5.69 Å². The van der Waals surface area contributed by atoms with E-state index < -0.39 is 17.6 Å². The van der Waals surface area contributed by atoms with Crippen molar-refractivity contribution in [2.45, 2.75) is 37.9 Å². The average molecular weight is 524 g/mol. The van der Waals surface area contributed by atoms with E-state index >= 15 is 0 Å². The molecule has 3 nitrogen and oxygen atoms in total. The first-order valence-electron chi connectivity index (χ1n) is 12.8. The summed E-state index contributed by atoms with van der Waals surface area (Å²) in [7, 11) is 0. The van der Waals surface area contributed by atoms with E-state index in [2.05, 4.69) is 34.0 Å². The van der Waals surface area contributed by atoms with Crippen molar-refractivity contribution in [2.24, 2.45) is 15.2 Å². The Morgan fingerprint density at radius 2 is 1.18 bits per heavy atom. The number of amidine groups is 1. The van der Waals surface area contributed by atoms with Crippen LogP contribution in [-0.4, -0.2) is 12.0 Å². The summed E-state index contributed by atoms with van der Waals surface area (Å²) in [5.41, 5.74) is 1.19. The topological polar surface area (TPSA) is 37.1 Å². The number of para-hydroxylation sites is 1. The van der Waals surface area contributed by atoms with Crippen LogP contribution in [0.4, 0.5) is 18.9 Å². The largest absolute Gasteiger partial charge is 0.453 e. The minimum absolute atomic E-state index is 0.0949. The number of nitrogens with zero attached hydrogens (tertiary/aromatic N) is 3. The summed E-state index contributed by atoms with van der Waals surface area (Å²) in [6.07, 6.45) is -2.28. The van der Waals surface area contributed by atoms with Gasteiger partial charge >= 0.3 is 6.18 Å². The fourth-order valence-corrected chi connectivity index (χ4v) is 4.19. The van der Waals surface area contributed by atoms with Crippen LogP contribution in [0.15, 0.2) is 130 Å². The minimum Gasteiger partial charge on any atom is -0.222 e. The number of azo groups is 1. The molecule has 0 atom stereocenters. The lowest BCUT2D eigenvalue weighted by Gasteiger charge is -2.30. The Labute approximate surface area is 227 Å². The van der Waals surface area contributed by atoms with Crippen molar-refractivity contribution in [1.29, 1.82) is 0 Å². The lowest BCUT2D eigenvalue weighted by atomic mass is 9.78. The van der Waals surface area contributed by atoms with Gasteiger partial charge in [-0.3, -0.25) is 0 Å². The van der Waals surface area contributed by atoms with Gasteiger partial charge in [-0.1, -0.05) is 128 Å². The van der Waals surface area contributed by atoms with Gasteiger partial charge in [0.2, 0.25) is 0 Å². The Balaban J connectivity index is 1.91. The molecule has 0 aromatic heterocycles. The van der Waals surface area contributed by atoms with Gasteiger partial charge < -0.3 is 0 Å². The third-order valence-electron chi connectivity index (χ3n) is 6.13. The van der Waals surface area contributed by atoms with Crippen LogP contribution in [0.25, 0.3) is 0 Å². The molecule has 39 heavy (non-hydrogen) atoms. The summed E-state index contributed by atoms with van der Waals surface area (Å²) in [6, 6.07) is 34.1. The van der Waals surface area contributed by atoms with E-state index in [1.165, 1.54) is 6.07 Å². The van der Waals surface area contributed by atoms with Crippen LogP contribution in [0.1, 0.15) is 48.4 Å². The second-order valence-electron chi connectivity index (χ2n) is 8.86. The van der Waals surface area contributed by atoms with E-state index in [1.54, 1.807) is 18.2 Å². The fraction of sp³-hybridized carbons (Fsp3) is 0.182. The van der Waals surface area contributed by atoms with Gasteiger partial charge in [0.1, 0.15) is 0 Å². The molecule has 0 saturated carbocycles. The van der Waals surface area contributed by atoms with Crippen molar-refractivity contribution in [1.82, 2.24) is 0 Å². The maximum absolute atomic E-state index is 14.4. The van der Waals surface area contributed by atoms with Crippen LogP contribution in [0, 0.1) is 11.8 Å². The normalized spacial score (nSPS) is 12.3. The number of hydrogen-bond donors (Lipinski definition) is 0. The standard InChI is InChI=1S/C33H28F3N3/c1-2-3-4-8-17-26-18-15-16-25-30(26)37-31(33(34,35)36)38-39-32(27-19-9-5-10-20-27,28-21-11-6-12-22-28)29-23-13-7-14-24-29/h5-7,9-16,18-25H,2-4H2,1H3. The average Bonchev–Trinajstić information content (AvgIpc) is 2.97. The number of hydrogen-bond acceptors (Lipinski definition) is 2. The molecule has 0 spiro atoms. The zero-order chi connectivity index (χ0) is 27.6. The number of benzene rings is 4. The highest BCUT2D eigenvalue weighted by Crippen LogP contribution is 2.41. The molecule has 0 N–H and O–H groups in total. The molecule has 0 saturated heterocycles. The number of unbranched alkanes of at least 4 members (excludes halogenated alkanes) is 2. The number of rotatable bonds is 7. The quantitative estimate of drug-likeness (QED) is 0.0578. The van der Waals surface area contributed by atoms with Crippen LogP contribution in [0.3, 0.4) is 0 Å². The van der Waals surface area contributed by atoms with E-state index in [0.29, 0.717) is 28.7 Å². The molecule has 0 aliphatic rings. The molecule has 6 heteroatoms. The summed E-state index contributed by atoms with van der Waals surface area (Å²) < 4.78 is 43.1. The predicted molar refractivity (Wildman–Crippen MR) is 150 cm³/mol. The zero-order valence-corrected chi connectivity index (χ0v) is 21.6. The summed E-state index contributed by atoms with van der Waals surface area (Å²) in [5.74, 6) is 4.63. The molecule has 0 radical (unpaired) electrons. The Hall–Kier alpha value is -4.50. The molecule has 0 amide bonds. The summed E-state index contributed by atoms with van der Waals surface area (Å²) in [5, 5.41) is 8.33. The van der Waals surface area contributed by atoms with Gasteiger partial charge in [0.25, 0.3) is 5.84 Å². The van der Waals surface area contributed by atoms with Gasteiger partial charge in [-0.2, -0.15) is 18.3 Å². The van der Waals surface area contributed by atoms with Crippen LogP contribution in [0.2, 0.25) is 0 Å². The Morgan fingerprint density at radius 1 is 0.692 bits per heavy atom. The first-order chi connectivity index (χ1) is 18.9. The van der Waals surface area contributed by atoms with Crippen molar-refractivity contribution >= 4 is 11.5 Å².